The molecule has 2 aromatic carbocycles. The summed E-state index contributed by atoms with van der Waals surface area (Å²) in [6, 6.07) is 13.4. The van der Waals surface area contributed by atoms with E-state index in [-0.39, 0.29) is 5.84 Å². The summed E-state index contributed by atoms with van der Waals surface area (Å²) in [6.45, 7) is 2.35. The molecular formula is C15H15BrN2O2. The summed E-state index contributed by atoms with van der Waals surface area (Å²) < 4.78 is 6.76. The minimum Gasteiger partial charge on any atom is -0.488 e. The van der Waals surface area contributed by atoms with Crippen LogP contribution in [-0.4, -0.2) is 11.0 Å². The fourth-order valence-corrected chi connectivity index (χ4v) is 2.26. The van der Waals surface area contributed by atoms with Crippen LogP contribution in [0.2, 0.25) is 0 Å². The molecule has 2 rings (SSSR count). The summed E-state index contributed by atoms with van der Waals surface area (Å²) in [5, 5.41) is 11.9. The fourth-order valence-electron chi connectivity index (χ4n) is 1.81. The molecule has 0 amide bonds. The molecule has 0 radical (unpaired) electrons. The van der Waals surface area contributed by atoms with Crippen molar-refractivity contribution in [3.63, 3.8) is 0 Å². The van der Waals surface area contributed by atoms with E-state index in [1.165, 1.54) is 0 Å². The zero-order valence-electron chi connectivity index (χ0n) is 11.0. The van der Waals surface area contributed by atoms with Gasteiger partial charge in [0.05, 0.1) is 5.56 Å². The summed E-state index contributed by atoms with van der Waals surface area (Å²) in [7, 11) is 0. The van der Waals surface area contributed by atoms with Crippen LogP contribution in [0, 0.1) is 6.92 Å². The minimum atomic E-state index is 0.0398. The minimum absolute atomic E-state index is 0.0398. The van der Waals surface area contributed by atoms with Crippen LogP contribution in [0.1, 0.15) is 16.7 Å². The second-order valence-corrected chi connectivity index (χ2v) is 5.32. The van der Waals surface area contributed by atoms with Gasteiger partial charge in [-0.3, -0.25) is 0 Å². The van der Waals surface area contributed by atoms with E-state index in [2.05, 4.69) is 21.1 Å². The zero-order chi connectivity index (χ0) is 14.5. The molecular weight excluding hydrogens is 320 g/mol. The maximum atomic E-state index is 8.83. The Kier molecular flexibility index (Phi) is 4.63. The van der Waals surface area contributed by atoms with E-state index in [1.807, 2.05) is 49.4 Å². The number of hydrogen-bond donors (Lipinski definition) is 2. The molecule has 5 heteroatoms. The maximum Gasteiger partial charge on any atom is 0.173 e. The van der Waals surface area contributed by atoms with Crippen molar-refractivity contribution < 1.29 is 9.94 Å². The normalized spacial score (nSPS) is 11.4. The Morgan fingerprint density at radius 2 is 2.10 bits per heavy atom. The highest BCUT2D eigenvalue weighted by atomic mass is 79.9. The van der Waals surface area contributed by atoms with Gasteiger partial charge in [0.15, 0.2) is 5.84 Å². The molecule has 0 aliphatic heterocycles. The van der Waals surface area contributed by atoms with Crippen LogP contribution < -0.4 is 10.5 Å². The van der Waals surface area contributed by atoms with Crippen LogP contribution in [0.15, 0.2) is 52.1 Å². The summed E-state index contributed by atoms with van der Waals surface area (Å²) in [6.07, 6.45) is 0. The van der Waals surface area contributed by atoms with Crippen LogP contribution in [-0.2, 0) is 6.61 Å². The average molecular weight is 335 g/mol. The van der Waals surface area contributed by atoms with E-state index in [1.54, 1.807) is 0 Å². The quantitative estimate of drug-likeness (QED) is 0.389. The first-order valence-electron chi connectivity index (χ1n) is 6.06. The topological polar surface area (TPSA) is 67.8 Å². The average Bonchev–Trinajstić information content (AvgIpc) is 2.45. The highest BCUT2D eigenvalue weighted by Gasteiger charge is 2.09. The summed E-state index contributed by atoms with van der Waals surface area (Å²) in [5.41, 5.74) is 8.30. The standard InChI is InChI=1S/C15H15BrN2O2/c1-10-5-6-14(13(7-10)15(17)18-19)20-9-11-3-2-4-12(16)8-11/h2-8,19H,9H2,1H3,(H2,17,18). The number of halogens is 1. The SMILES string of the molecule is Cc1ccc(OCc2cccc(Br)c2)c(/C(N)=N/O)c1. The molecule has 0 saturated heterocycles. The van der Waals surface area contributed by atoms with Gasteiger partial charge in [0.1, 0.15) is 12.4 Å². The van der Waals surface area contributed by atoms with E-state index < -0.39 is 0 Å². The smallest absolute Gasteiger partial charge is 0.173 e. The first kappa shape index (κ1) is 14.4. The number of rotatable bonds is 4. The van der Waals surface area contributed by atoms with Crippen molar-refractivity contribution in [2.45, 2.75) is 13.5 Å². The van der Waals surface area contributed by atoms with Crippen molar-refractivity contribution in [1.29, 1.82) is 0 Å². The first-order valence-corrected chi connectivity index (χ1v) is 6.85. The molecule has 0 aromatic heterocycles. The number of nitrogens with two attached hydrogens (primary N) is 1. The zero-order valence-corrected chi connectivity index (χ0v) is 12.6. The fraction of sp³-hybridized carbons (Fsp3) is 0.133. The molecule has 0 aliphatic carbocycles. The van der Waals surface area contributed by atoms with Crippen molar-refractivity contribution in [2.24, 2.45) is 10.9 Å². The van der Waals surface area contributed by atoms with Crippen LogP contribution in [0.25, 0.3) is 0 Å². The Balaban J connectivity index is 2.21. The monoisotopic (exact) mass is 334 g/mol. The molecule has 0 heterocycles. The molecule has 0 unspecified atom stereocenters. The van der Waals surface area contributed by atoms with Crippen molar-refractivity contribution >= 4 is 21.8 Å². The lowest BCUT2D eigenvalue weighted by Gasteiger charge is -2.11. The first-order chi connectivity index (χ1) is 9.60. The molecule has 0 saturated carbocycles. The van der Waals surface area contributed by atoms with Crippen LogP contribution >= 0.6 is 15.9 Å². The molecule has 0 atom stereocenters. The van der Waals surface area contributed by atoms with Crippen LogP contribution in [0.4, 0.5) is 0 Å². The Hall–Kier alpha value is -2.01. The Morgan fingerprint density at radius 3 is 2.80 bits per heavy atom. The highest BCUT2D eigenvalue weighted by molar-refractivity contribution is 9.10. The van der Waals surface area contributed by atoms with Gasteiger partial charge >= 0.3 is 0 Å². The number of nitrogens with zero attached hydrogens (tertiary/aromatic N) is 1. The lowest BCUT2D eigenvalue weighted by Crippen LogP contribution is -2.15. The summed E-state index contributed by atoms with van der Waals surface area (Å²) in [5.74, 6) is 0.629. The Morgan fingerprint density at radius 1 is 1.30 bits per heavy atom. The van der Waals surface area contributed by atoms with Gasteiger partial charge in [-0.15, -0.1) is 0 Å². The number of amidine groups is 1. The van der Waals surface area contributed by atoms with E-state index in [9.17, 15) is 0 Å². The van der Waals surface area contributed by atoms with Crippen molar-refractivity contribution in [2.75, 3.05) is 0 Å². The number of benzene rings is 2. The van der Waals surface area contributed by atoms with Crippen molar-refractivity contribution in [3.8, 4) is 5.75 Å². The van der Waals surface area contributed by atoms with Crippen molar-refractivity contribution in [1.82, 2.24) is 0 Å². The lowest BCUT2D eigenvalue weighted by molar-refractivity contribution is 0.303. The Bertz CT molecular complexity index is 642. The molecule has 4 nitrogen and oxygen atoms in total. The second kappa shape index (κ2) is 6.43. The molecule has 0 aliphatic rings. The predicted octanol–water partition coefficient (Wildman–Crippen LogP) is 3.43. The van der Waals surface area contributed by atoms with Crippen LogP contribution in [0.3, 0.4) is 0 Å². The number of hydrogen-bond acceptors (Lipinski definition) is 3. The lowest BCUT2D eigenvalue weighted by atomic mass is 10.1. The second-order valence-electron chi connectivity index (χ2n) is 4.40. The number of aryl methyl sites for hydroxylation is 1. The number of oxime groups is 1. The molecule has 3 N–H and O–H groups in total. The van der Waals surface area contributed by atoms with Gasteiger partial charge in [-0.1, -0.05) is 44.8 Å². The third-order valence-corrected chi connectivity index (χ3v) is 3.30. The maximum absolute atomic E-state index is 8.83. The molecule has 0 bridgehead atoms. The van der Waals surface area contributed by atoms with Crippen molar-refractivity contribution in [3.05, 3.63) is 63.6 Å². The van der Waals surface area contributed by atoms with Gasteiger partial charge in [0, 0.05) is 4.47 Å². The predicted molar refractivity (Wildman–Crippen MR) is 82.2 cm³/mol. The van der Waals surface area contributed by atoms with Gasteiger partial charge in [0.2, 0.25) is 0 Å². The summed E-state index contributed by atoms with van der Waals surface area (Å²) >= 11 is 3.42. The molecule has 0 spiro atoms. The van der Waals surface area contributed by atoms with Gasteiger partial charge in [-0.2, -0.15) is 0 Å². The van der Waals surface area contributed by atoms with E-state index in [4.69, 9.17) is 15.7 Å². The third-order valence-electron chi connectivity index (χ3n) is 2.80. The van der Waals surface area contributed by atoms with Gasteiger partial charge in [0.25, 0.3) is 0 Å². The van der Waals surface area contributed by atoms with E-state index in [0.717, 1.165) is 15.6 Å². The van der Waals surface area contributed by atoms with E-state index in [0.29, 0.717) is 17.9 Å². The highest BCUT2D eigenvalue weighted by Crippen LogP contribution is 2.22. The number of ether oxygens (including phenoxy) is 1. The van der Waals surface area contributed by atoms with E-state index >= 15 is 0 Å². The Labute approximate surface area is 126 Å². The molecule has 0 fully saturated rings. The van der Waals surface area contributed by atoms with Gasteiger partial charge in [-0.25, -0.2) is 0 Å². The van der Waals surface area contributed by atoms with Gasteiger partial charge in [-0.05, 0) is 36.8 Å². The molecule has 20 heavy (non-hydrogen) atoms. The molecule has 104 valence electrons. The van der Waals surface area contributed by atoms with Crippen LogP contribution in [0.5, 0.6) is 5.75 Å². The third kappa shape index (κ3) is 3.51. The van der Waals surface area contributed by atoms with Gasteiger partial charge < -0.3 is 15.7 Å². The molecule has 2 aromatic rings. The summed E-state index contributed by atoms with van der Waals surface area (Å²) in [4.78, 5) is 0. The largest absolute Gasteiger partial charge is 0.488 e.